The van der Waals surface area contributed by atoms with Gasteiger partial charge in [-0.3, -0.25) is 0 Å². The molecule has 0 bridgehead atoms. The van der Waals surface area contributed by atoms with Crippen molar-refractivity contribution >= 4 is 51.0 Å². The molecule has 5 aromatic carbocycles. The summed E-state index contributed by atoms with van der Waals surface area (Å²) in [6.07, 6.45) is 0. The van der Waals surface area contributed by atoms with Crippen LogP contribution in [-0.4, -0.2) is 33.2 Å². The van der Waals surface area contributed by atoms with Gasteiger partial charge in [0.15, 0.2) is 5.84 Å². The third-order valence-electron chi connectivity index (χ3n) is 7.07. The molecule has 0 fully saturated rings. The minimum atomic E-state index is -0.0181. The average Bonchev–Trinajstić information content (AvgIpc) is 3.06. The van der Waals surface area contributed by atoms with E-state index in [1.807, 2.05) is 97.1 Å². The van der Waals surface area contributed by atoms with Crippen LogP contribution in [0.5, 0.6) is 5.75 Å². The van der Waals surface area contributed by atoms with Gasteiger partial charge in [0.25, 0.3) is 0 Å². The summed E-state index contributed by atoms with van der Waals surface area (Å²) in [6.45, 7) is 0.460. The number of aliphatic hydroxyl groups excluding tert-OH is 1. The largest absolute Gasteiger partial charge is 0.496 e. The van der Waals surface area contributed by atoms with Gasteiger partial charge in [0.1, 0.15) is 11.6 Å². The lowest BCUT2D eigenvalue weighted by atomic mass is 10.0. The highest BCUT2D eigenvalue weighted by molar-refractivity contribution is 7.99. The van der Waals surface area contributed by atoms with E-state index in [1.54, 1.807) is 18.9 Å². The summed E-state index contributed by atoms with van der Waals surface area (Å²) in [5, 5.41) is 32.7. The molecule has 1 heterocycles. The summed E-state index contributed by atoms with van der Waals surface area (Å²) >= 11 is 1.61. The Labute approximate surface area is 253 Å². The first-order chi connectivity index (χ1) is 21.2. The van der Waals surface area contributed by atoms with Crippen LogP contribution < -0.4 is 15.4 Å². The van der Waals surface area contributed by atoms with E-state index < -0.39 is 0 Å². The molecule has 0 unspecified atom stereocenters. The Balaban J connectivity index is 1.31. The lowest BCUT2D eigenvalue weighted by molar-refractivity contribution is 0.279. The zero-order valence-corrected chi connectivity index (χ0v) is 24.2. The minimum absolute atomic E-state index is 0.0181. The number of methoxy groups -OCH3 is 1. The molecule has 0 saturated carbocycles. The molecule has 43 heavy (non-hydrogen) atoms. The van der Waals surface area contributed by atoms with Gasteiger partial charge in [-0.25, -0.2) is 4.98 Å². The number of amidine groups is 1. The van der Waals surface area contributed by atoms with Crippen LogP contribution in [0.3, 0.4) is 0 Å². The first-order valence-electron chi connectivity index (χ1n) is 13.7. The maximum atomic E-state index is 10.1. The van der Waals surface area contributed by atoms with Gasteiger partial charge in [0, 0.05) is 32.7 Å². The normalized spacial score (nSPS) is 11.5. The zero-order chi connectivity index (χ0) is 29.6. The van der Waals surface area contributed by atoms with Crippen molar-refractivity contribution in [1.29, 1.82) is 0 Å². The van der Waals surface area contributed by atoms with E-state index in [0.717, 1.165) is 48.3 Å². The van der Waals surface area contributed by atoms with Crippen molar-refractivity contribution in [1.82, 2.24) is 9.97 Å². The van der Waals surface area contributed by atoms with E-state index in [-0.39, 0.29) is 12.4 Å². The van der Waals surface area contributed by atoms with Gasteiger partial charge < -0.3 is 25.7 Å². The van der Waals surface area contributed by atoms with Gasteiger partial charge in [-0.1, -0.05) is 89.7 Å². The molecule has 0 saturated heterocycles. The van der Waals surface area contributed by atoms with Crippen molar-refractivity contribution in [2.24, 2.45) is 5.16 Å². The van der Waals surface area contributed by atoms with E-state index in [2.05, 4.69) is 27.9 Å². The van der Waals surface area contributed by atoms with Crippen LogP contribution in [0.4, 0.5) is 11.8 Å². The number of aromatic nitrogens is 2. The third kappa shape index (κ3) is 5.94. The van der Waals surface area contributed by atoms with Crippen molar-refractivity contribution in [2.45, 2.75) is 22.9 Å². The number of nitrogens with one attached hydrogen (secondary N) is 2. The fourth-order valence-electron chi connectivity index (χ4n) is 4.94. The molecule has 0 aliphatic heterocycles. The third-order valence-corrected chi connectivity index (χ3v) is 8.31. The molecule has 8 nitrogen and oxygen atoms in total. The molecule has 9 heteroatoms. The van der Waals surface area contributed by atoms with Crippen LogP contribution in [0.1, 0.15) is 16.7 Å². The Kier molecular flexibility index (Phi) is 8.35. The summed E-state index contributed by atoms with van der Waals surface area (Å²) in [7, 11) is 1.63. The number of fused-ring (bicyclic) bond motifs is 2. The molecule has 0 aliphatic rings. The highest BCUT2D eigenvalue weighted by Crippen LogP contribution is 2.34. The van der Waals surface area contributed by atoms with Gasteiger partial charge in [-0.15, -0.1) is 0 Å². The van der Waals surface area contributed by atoms with Crippen LogP contribution in [0.2, 0.25) is 0 Å². The second-order valence-corrected chi connectivity index (χ2v) is 10.8. The number of para-hydroxylation sites is 1. The Morgan fingerprint density at radius 2 is 1.42 bits per heavy atom. The SMILES string of the molecule is COc1ccc(/C(=N/O)Nc2nc(NCc3ccccc3Sc3ccccc3CO)nc3ccccc23)c2ccccc12. The first-order valence-corrected chi connectivity index (χ1v) is 14.5. The number of rotatable bonds is 9. The van der Waals surface area contributed by atoms with Crippen LogP contribution in [0, 0.1) is 0 Å². The lowest BCUT2D eigenvalue weighted by Gasteiger charge is -2.15. The monoisotopic (exact) mass is 587 g/mol. The molecule has 0 aliphatic carbocycles. The predicted octanol–water partition coefficient (Wildman–Crippen LogP) is 7.30. The first kappa shape index (κ1) is 28.0. The fraction of sp³-hybridized carbons (Fsp3) is 0.0882. The van der Waals surface area contributed by atoms with Gasteiger partial charge in [-0.05, 0) is 52.9 Å². The van der Waals surface area contributed by atoms with Crippen molar-refractivity contribution in [2.75, 3.05) is 17.7 Å². The number of hydrogen-bond donors (Lipinski definition) is 4. The molecule has 6 rings (SSSR count). The Morgan fingerprint density at radius 1 is 0.767 bits per heavy atom. The van der Waals surface area contributed by atoms with Crippen molar-refractivity contribution in [3.8, 4) is 5.75 Å². The molecule has 0 atom stereocenters. The van der Waals surface area contributed by atoms with Crippen LogP contribution in [-0.2, 0) is 13.2 Å². The molecule has 0 radical (unpaired) electrons. The number of aliphatic hydroxyl groups is 1. The highest BCUT2D eigenvalue weighted by atomic mass is 32.2. The standard InChI is InChI=1S/C34H29N5O3S/c1-42-29-19-18-26(24-12-4-5-13-25(24)29)33(39-41)37-32-27-14-6-7-15-28(27)36-34(38-32)35-20-22-10-2-8-16-30(22)43-31-17-9-3-11-23(31)21-40/h2-19,40-41H,20-21H2,1H3,(H2,35,36,37,38,39). The zero-order valence-electron chi connectivity index (χ0n) is 23.4. The van der Waals surface area contributed by atoms with Gasteiger partial charge >= 0.3 is 0 Å². The quantitative estimate of drug-likeness (QED) is 0.0604. The van der Waals surface area contributed by atoms with E-state index in [0.29, 0.717) is 23.9 Å². The topological polar surface area (TPSA) is 112 Å². The molecule has 6 aromatic rings. The van der Waals surface area contributed by atoms with Gasteiger partial charge in [0.05, 0.1) is 19.2 Å². The Morgan fingerprint density at radius 3 is 2.16 bits per heavy atom. The number of benzene rings is 5. The van der Waals surface area contributed by atoms with Crippen LogP contribution in [0.25, 0.3) is 21.7 Å². The summed E-state index contributed by atoms with van der Waals surface area (Å²) in [6, 6.07) is 35.1. The second kappa shape index (κ2) is 12.8. The Bertz CT molecular complexity index is 1950. The lowest BCUT2D eigenvalue weighted by Crippen LogP contribution is -2.17. The van der Waals surface area contributed by atoms with E-state index in [1.165, 1.54) is 0 Å². The smallest absolute Gasteiger partial charge is 0.225 e. The van der Waals surface area contributed by atoms with Crippen LogP contribution >= 0.6 is 11.8 Å². The maximum absolute atomic E-state index is 10.1. The second-order valence-electron chi connectivity index (χ2n) is 9.68. The van der Waals surface area contributed by atoms with E-state index >= 15 is 0 Å². The molecule has 4 N–H and O–H groups in total. The highest BCUT2D eigenvalue weighted by Gasteiger charge is 2.16. The molecular weight excluding hydrogens is 558 g/mol. The predicted molar refractivity (Wildman–Crippen MR) is 172 cm³/mol. The van der Waals surface area contributed by atoms with Crippen LogP contribution in [0.15, 0.2) is 124 Å². The van der Waals surface area contributed by atoms with Crippen molar-refractivity contribution in [3.63, 3.8) is 0 Å². The number of oxime groups is 1. The number of ether oxygens (including phenoxy) is 1. The van der Waals surface area contributed by atoms with E-state index in [9.17, 15) is 10.3 Å². The number of hydrogen-bond acceptors (Lipinski definition) is 8. The number of nitrogens with zero attached hydrogens (tertiary/aromatic N) is 3. The molecule has 1 aromatic heterocycles. The van der Waals surface area contributed by atoms with Crippen molar-refractivity contribution < 1.29 is 15.1 Å². The molecular formula is C34H29N5O3S. The summed E-state index contributed by atoms with van der Waals surface area (Å²) in [5.74, 6) is 1.90. The summed E-state index contributed by atoms with van der Waals surface area (Å²) in [5.41, 5.74) is 3.38. The number of anilines is 2. The summed E-state index contributed by atoms with van der Waals surface area (Å²) in [4.78, 5) is 11.6. The van der Waals surface area contributed by atoms with Crippen molar-refractivity contribution in [3.05, 3.63) is 126 Å². The van der Waals surface area contributed by atoms with Gasteiger partial charge in [0.2, 0.25) is 5.95 Å². The van der Waals surface area contributed by atoms with E-state index in [4.69, 9.17) is 14.7 Å². The summed E-state index contributed by atoms with van der Waals surface area (Å²) < 4.78 is 5.54. The fourth-order valence-corrected chi connectivity index (χ4v) is 6.01. The maximum Gasteiger partial charge on any atom is 0.225 e. The molecule has 0 spiro atoms. The minimum Gasteiger partial charge on any atom is -0.496 e. The molecule has 214 valence electrons. The Hall–Kier alpha value is -5.12. The van der Waals surface area contributed by atoms with Gasteiger partial charge in [-0.2, -0.15) is 4.98 Å². The molecule has 0 amide bonds. The average molecular weight is 588 g/mol.